The van der Waals surface area contributed by atoms with Crippen molar-refractivity contribution in [3.8, 4) is 0 Å². The van der Waals surface area contributed by atoms with E-state index in [9.17, 15) is 4.79 Å². The van der Waals surface area contributed by atoms with Gasteiger partial charge in [0.15, 0.2) is 5.16 Å². The van der Waals surface area contributed by atoms with Gasteiger partial charge in [-0.1, -0.05) is 11.8 Å². The summed E-state index contributed by atoms with van der Waals surface area (Å²) in [7, 11) is 1.64. The van der Waals surface area contributed by atoms with Crippen LogP contribution >= 0.6 is 11.8 Å². The second-order valence-corrected chi connectivity index (χ2v) is 3.96. The lowest BCUT2D eigenvalue weighted by atomic mass is 10.4. The van der Waals surface area contributed by atoms with Crippen LogP contribution in [0.1, 0.15) is 6.42 Å². The first kappa shape index (κ1) is 12.9. The van der Waals surface area contributed by atoms with Gasteiger partial charge in [-0.05, 0) is 12.5 Å². The number of thioether (sulfide) groups is 1. The molecule has 1 amide bonds. The largest absolute Gasteiger partial charge is 0.385 e. The molecule has 0 aliphatic rings. The molecule has 1 aromatic rings. The van der Waals surface area contributed by atoms with Gasteiger partial charge in [-0.15, -0.1) is 0 Å². The second kappa shape index (κ2) is 8.06. The Labute approximate surface area is 99.0 Å². The summed E-state index contributed by atoms with van der Waals surface area (Å²) >= 11 is 1.33. The molecule has 0 bridgehead atoms. The first-order chi connectivity index (χ1) is 7.83. The number of nitrogens with zero attached hydrogens (tertiary/aromatic N) is 2. The highest BCUT2D eigenvalue weighted by Gasteiger charge is 2.03. The summed E-state index contributed by atoms with van der Waals surface area (Å²) in [4.78, 5) is 19.4. The zero-order valence-corrected chi connectivity index (χ0v) is 10.00. The van der Waals surface area contributed by atoms with Crippen molar-refractivity contribution in [1.29, 1.82) is 0 Å². The number of hydrogen-bond donors (Lipinski definition) is 1. The van der Waals surface area contributed by atoms with E-state index in [0.29, 0.717) is 24.1 Å². The molecule has 0 fully saturated rings. The summed E-state index contributed by atoms with van der Waals surface area (Å²) < 4.78 is 4.88. The molecule has 5 nitrogen and oxygen atoms in total. The fraction of sp³-hybridized carbons (Fsp3) is 0.500. The molecule has 0 aliphatic heterocycles. The standard InChI is InChI=1S/C10H15N3O2S/c1-15-7-3-6-11-9(14)8-16-10-12-4-2-5-13-10/h2,4-5H,3,6-8H2,1H3,(H,11,14). The summed E-state index contributed by atoms with van der Waals surface area (Å²) in [6, 6.07) is 1.74. The van der Waals surface area contributed by atoms with Crippen LogP contribution in [0, 0.1) is 0 Å². The van der Waals surface area contributed by atoms with E-state index < -0.39 is 0 Å². The Kier molecular flexibility index (Phi) is 6.52. The quantitative estimate of drug-likeness (QED) is 0.433. The van der Waals surface area contributed by atoms with E-state index in [1.165, 1.54) is 11.8 Å². The third kappa shape index (κ3) is 5.67. The number of hydrogen-bond acceptors (Lipinski definition) is 5. The Morgan fingerprint density at radius 1 is 1.50 bits per heavy atom. The number of rotatable bonds is 7. The SMILES string of the molecule is COCCCNC(=O)CSc1ncccn1. The van der Waals surface area contributed by atoms with Crippen LogP contribution in [0.2, 0.25) is 0 Å². The van der Waals surface area contributed by atoms with Crippen molar-refractivity contribution in [2.75, 3.05) is 26.0 Å². The first-order valence-corrected chi connectivity index (χ1v) is 5.97. The normalized spacial score (nSPS) is 10.1. The van der Waals surface area contributed by atoms with E-state index in [2.05, 4.69) is 15.3 Å². The van der Waals surface area contributed by atoms with Gasteiger partial charge in [0.1, 0.15) is 0 Å². The van der Waals surface area contributed by atoms with Crippen molar-refractivity contribution >= 4 is 17.7 Å². The minimum atomic E-state index is -0.00597. The number of carbonyl (C=O) groups is 1. The zero-order chi connectivity index (χ0) is 11.6. The molecule has 1 N–H and O–H groups in total. The Bertz CT molecular complexity index is 308. The maximum Gasteiger partial charge on any atom is 0.230 e. The zero-order valence-electron chi connectivity index (χ0n) is 9.18. The second-order valence-electron chi connectivity index (χ2n) is 3.02. The third-order valence-electron chi connectivity index (χ3n) is 1.72. The number of nitrogens with one attached hydrogen (secondary N) is 1. The van der Waals surface area contributed by atoms with Crippen LogP contribution in [0.5, 0.6) is 0 Å². The van der Waals surface area contributed by atoms with Crippen LogP contribution in [0.4, 0.5) is 0 Å². The number of amides is 1. The van der Waals surface area contributed by atoms with E-state index in [1.807, 2.05) is 0 Å². The van der Waals surface area contributed by atoms with E-state index in [0.717, 1.165) is 6.42 Å². The van der Waals surface area contributed by atoms with Crippen LogP contribution < -0.4 is 5.32 Å². The molecule has 1 aromatic heterocycles. The molecule has 0 saturated carbocycles. The van der Waals surface area contributed by atoms with Crippen LogP contribution in [0.3, 0.4) is 0 Å². The molecular weight excluding hydrogens is 226 g/mol. The van der Waals surface area contributed by atoms with Crippen molar-refractivity contribution in [2.24, 2.45) is 0 Å². The first-order valence-electron chi connectivity index (χ1n) is 4.98. The topological polar surface area (TPSA) is 64.1 Å². The van der Waals surface area contributed by atoms with Crippen molar-refractivity contribution in [1.82, 2.24) is 15.3 Å². The minimum absolute atomic E-state index is 0.00597. The predicted octanol–water partition coefficient (Wildman–Crippen LogP) is 0.721. The summed E-state index contributed by atoms with van der Waals surface area (Å²) in [5, 5.41) is 3.41. The van der Waals surface area contributed by atoms with Crippen LogP contribution in [-0.2, 0) is 9.53 Å². The molecule has 0 radical (unpaired) electrons. The molecule has 16 heavy (non-hydrogen) atoms. The average Bonchev–Trinajstić information content (AvgIpc) is 2.33. The molecule has 88 valence electrons. The highest BCUT2D eigenvalue weighted by Crippen LogP contribution is 2.09. The maximum atomic E-state index is 11.4. The van der Waals surface area contributed by atoms with E-state index >= 15 is 0 Å². The average molecular weight is 241 g/mol. The highest BCUT2D eigenvalue weighted by molar-refractivity contribution is 7.99. The summed E-state index contributed by atoms with van der Waals surface area (Å²) in [5.41, 5.74) is 0. The van der Waals surface area contributed by atoms with Gasteiger partial charge in [-0.2, -0.15) is 0 Å². The van der Waals surface area contributed by atoms with Crippen LogP contribution in [0.25, 0.3) is 0 Å². The summed E-state index contributed by atoms with van der Waals surface area (Å²) in [5.74, 6) is 0.338. The molecule has 0 atom stereocenters. The molecule has 0 aromatic carbocycles. The molecular formula is C10H15N3O2S. The minimum Gasteiger partial charge on any atom is -0.385 e. The number of methoxy groups -OCH3 is 1. The lowest BCUT2D eigenvalue weighted by Gasteiger charge is -2.03. The predicted molar refractivity (Wildman–Crippen MR) is 62.3 cm³/mol. The number of ether oxygens (including phenoxy) is 1. The maximum absolute atomic E-state index is 11.4. The van der Waals surface area contributed by atoms with E-state index in [4.69, 9.17) is 4.74 Å². The lowest BCUT2D eigenvalue weighted by molar-refractivity contribution is -0.118. The van der Waals surface area contributed by atoms with Gasteiger partial charge in [0.05, 0.1) is 5.75 Å². The monoisotopic (exact) mass is 241 g/mol. The third-order valence-corrected chi connectivity index (χ3v) is 2.60. The fourth-order valence-corrected chi connectivity index (χ4v) is 1.62. The summed E-state index contributed by atoms with van der Waals surface area (Å²) in [6.45, 7) is 1.30. The van der Waals surface area contributed by atoms with Crippen molar-refractivity contribution in [3.63, 3.8) is 0 Å². The van der Waals surface area contributed by atoms with Gasteiger partial charge in [0, 0.05) is 32.7 Å². The Morgan fingerprint density at radius 3 is 2.94 bits per heavy atom. The van der Waals surface area contributed by atoms with Crippen molar-refractivity contribution in [2.45, 2.75) is 11.6 Å². The molecule has 0 aliphatic carbocycles. The van der Waals surface area contributed by atoms with Gasteiger partial charge in [0.25, 0.3) is 0 Å². The lowest BCUT2D eigenvalue weighted by Crippen LogP contribution is -2.26. The Hall–Kier alpha value is -1.14. The Morgan fingerprint density at radius 2 is 2.25 bits per heavy atom. The van der Waals surface area contributed by atoms with Crippen LogP contribution in [-0.4, -0.2) is 41.9 Å². The van der Waals surface area contributed by atoms with Gasteiger partial charge < -0.3 is 10.1 Å². The van der Waals surface area contributed by atoms with Gasteiger partial charge in [-0.25, -0.2) is 9.97 Å². The molecule has 1 heterocycles. The van der Waals surface area contributed by atoms with E-state index in [-0.39, 0.29) is 5.91 Å². The van der Waals surface area contributed by atoms with Gasteiger partial charge in [0.2, 0.25) is 5.91 Å². The van der Waals surface area contributed by atoms with Crippen molar-refractivity contribution < 1.29 is 9.53 Å². The van der Waals surface area contributed by atoms with E-state index in [1.54, 1.807) is 25.6 Å². The van der Waals surface area contributed by atoms with Gasteiger partial charge >= 0.3 is 0 Å². The number of carbonyl (C=O) groups excluding carboxylic acids is 1. The van der Waals surface area contributed by atoms with Gasteiger partial charge in [-0.3, -0.25) is 4.79 Å². The van der Waals surface area contributed by atoms with Crippen molar-refractivity contribution in [3.05, 3.63) is 18.5 Å². The molecule has 0 saturated heterocycles. The number of aromatic nitrogens is 2. The smallest absolute Gasteiger partial charge is 0.230 e. The van der Waals surface area contributed by atoms with Crippen LogP contribution in [0.15, 0.2) is 23.6 Å². The summed E-state index contributed by atoms with van der Waals surface area (Å²) in [6.07, 6.45) is 4.15. The fourth-order valence-electron chi connectivity index (χ4n) is 0.985. The molecule has 1 rings (SSSR count). The molecule has 0 spiro atoms. The molecule has 0 unspecified atom stereocenters. The Balaban J connectivity index is 2.11. The molecule has 6 heteroatoms. The highest BCUT2D eigenvalue weighted by atomic mass is 32.2.